The van der Waals surface area contributed by atoms with Crippen LogP contribution in [-0.2, 0) is 16.4 Å². The Labute approximate surface area is 166 Å². The predicted molar refractivity (Wildman–Crippen MR) is 111 cm³/mol. The van der Waals surface area contributed by atoms with E-state index in [-0.39, 0.29) is 41.5 Å². The minimum atomic E-state index is -2.89. The van der Waals surface area contributed by atoms with Gasteiger partial charge in [-0.1, -0.05) is 6.07 Å². The second kappa shape index (κ2) is 9.02. The molecule has 2 fully saturated rings. The van der Waals surface area contributed by atoms with Crippen LogP contribution < -0.4 is 15.5 Å². The number of anilines is 1. The molecule has 1 aromatic heterocycles. The fourth-order valence-electron chi connectivity index (χ4n) is 3.14. The fourth-order valence-corrected chi connectivity index (χ4v) is 4.81. The van der Waals surface area contributed by atoms with E-state index in [1.807, 2.05) is 6.20 Å². The molecule has 0 bridgehead atoms. The molecule has 0 aromatic carbocycles. The van der Waals surface area contributed by atoms with E-state index in [0.717, 1.165) is 24.5 Å². The van der Waals surface area contributed by atoms with Gasteiger partial charge in [0.15, 0.2) is 15.8 Å². The first kappa shape index (κ1) is 20.2. The average molecular weight is 479 g/mol. The quantitative estimate of drug-likeness (QED) is 0.383. The third-order valence-corrected chi connectivity index (χ3v) is 6.26. The van der Waals surface area contributed by atoms with Crippen LogP contribution in [0.1, 0.15) is 24.8 Å². The van der Waals surface area contributed by atoms with Crippen molar-refractivity contribution in [3.05, 3.63) is 23.9 Å². The van der Waals surface area contributed by atoms with E-state index in [0.29, 0.717) is 18.9 Å². The zero-order valence-electron chi connectivity index (χ0n) is 14.4. The van der Waals surface area contributed by atoms with Gasteiger partial charge in [-0.05, 0) is 30.9 Å². The van der Waals surface area contributed by atoms with Crippen molar-refractivity contribution in [1.82, 2.24) is 15.6 Å². The average Bonchev–Trinajstić information content (AvgIpc) is 3.21. The number of rotatable bonds is 4. The predicted octanol–water partition coefficient (Wildman–Crippen LogP) is 1.15. The molecule has 1 atom stereocenters. The fraction of sp³-hybridized carbons (Fsp3) is 0.625. The van der Waals surface area contributed by atoms with Gasteiger partial charge in [0.05, 0.1) is 11.5 Å². The molecular formula is C16H26IN5O2S. The Balaban J connectivity index is 0.00000225. The lowest BCUT2D eigenvalue weighted by Gasteiger charge is -2.17. The monoisotopic (exact) mass is 479 g/mol. The highest BCUT2D eigenvalue weighted by Gasteiger charge is 2.28. The molecule has 3 rings (SSSR count). The molecule has 25 heavy (non-hydrogen) atoms. The number of pyridine rings is 1. The maximum Gasteiger partial charge on any atom is 0.191 e. The molecule has 140 valence electrons. The summed E-state index contributed by atoms with van der Waals surface area (Å²) in [7, 11) is -1.20. The summed E-state index contributed by atoms with van der Waals surface area (Å²) in [6.07, 6.45) is 5.00. The van der Waals surface area contributed by atoms with Crippen molar-refractivity contribution in [3.8, 4) is 0 Å². The van der Waals surface area contributed by atoms with Crippen LogP contribution in [0.4, 0.5) is 5.82 Å². The van der Waals surface area contributed by atoms with E-state index < -0.39 is 9.84 Å². The first-order valence-electron chi connectivity index (χ1n) is 8.43. The number of nitrogens with zero attached hydrogens (tertiary/aromatic N) is 3. The first-order chi connectivity index (χ1) is 11.6. The molecule has 0 saturated carbocycles. The smallest absolute Gasteiger partial charge is 0.191 e. The molecule has 1 unspecified atom stereocenters. The Morgan fingerprint density at radius 2 is 2.12 bits per heavy atom. The van der Waals surface area contributed by atoms with E-state index in [2.05, 4.69) is 37.6 Å². The highest BCUT2D eigenvalue weighted by molar-refractivity contribution is 14.0. The molecule has 2 saturated heterocycles. The lowest BCUT2D eigenvalue weighted by Crippen LogP contribution is -2.43. The standard InChI is InChI=1S/C16H25N5O2S.HI/c1-17-16(20-14-6-9-24(22,23)12-14)19-11-13-4-5-15(18-10-13)21-7-2-3-8-21;/h4-5,10,14H,2-3,6-9,11-12H2,1H3,(H2,17,19,20);1H. The van der Waals surface area contributed by atoms with Crippen LogP contribution in [0.25, 0.3) is 0 Å². The number of halogens is 1. The third kappa shape index (κ3) is 5.70. The van der Waals surface area contributed by atoms with Crippen LogP contribution in [0.5, 0.6) is 0 Å². The summed E-state index contributed by atoms with van der Waals surface area (Å²) in [5.41, 5.74) is 1.07. The molecule has 0 spiro atoms. The van der Waals surface area contributed by atoms with Gasteiger partial charge in [0.2, 0.25) is 0 Å². The summed E-state index contributed by atoms with van der Waals surface area (Å²) in [6, 6.07) is 4.07. The number of aromatic nitrogens is 1. The molecule has 0 amide bonds. The van der Waals surface area contributed by atoms with Crippen LogP contribution in [0, 0.1) is 0 Å². The maximum absolute atomic E-state index is 11.5. The topological polar surface area (TPSA) is 86.7 Å². The van der Waals surface area contributed by atoms with E-state index in [4.69, 9.17) is 0 Å². The highest BCUT2D eigenvalue weighted by atomic mass is 127. The van der Waals surface area contributed by atoms with Crippen molar-refractivity contribution >= 4 is 45.6 Å². The summed E-state index contributed by atoms with van der Waals surface area (Å²) >= 11 is 0. The van der Waals surface area contributed by atoms with Crippen molar-refractivity contribution in [2.45, 2.75) is 31.8 Å². The van der Waals surface area contributed by atoms with E-state index in [1.165, 1.54) is 12.8 Å². The number of hydrogen-bond donors (Lipinski definition) is 2. The molecule has 1 aromatic rings. The Morgan fingerprint density at radius 3 is 2.68 bits per heavy atom. The van der Waals surface area contributed by atoms with Crippen molar-refractivity contribution in [2.75, 3.05) is 36.5 Å². The minimum absolute atomic E-state index is 0. The van der Waals surface area contributed by atoms with Gasteiger partial charge in [-0.2, -0.15) is 0 Å². The SMILES string of the molecule is CN=C(NCc1ccc(N2CCCC2)nc1)NC1CCS(=O)(=O)C1.I. The van der Waals surface area contributed by atoms with Gasteiger partial charge in [-0.15, -0.1) is 24.0 Å². The summed E-state index contributed by atoms with van der Waals surface area (Å²) in [4.78, 5) is 11.0. The molecule has 9 heteroatoms. The number of aliphatic imine (C=N–C) groups is 1. The van der Waals surface area contributed by atoms with Crippen LogP contribution in [0.2, 0.25) is 0 Å². The molecule has 7 nitrogen and oxygen atoms in total. The van der Waals surface area contributed by atoms with Crippen LogP contribution in [-0.4, -0.2) is 57.0 Å². The van der Waals surface area contributed by atoms with Gasteiger partial charge >= 0.3 is 0 Å². The van der Waals surface area contributed by atoms with Crippen LogP contribution in [0.15, 0.2) is 23.3 Å². The summed E-state index contributed by atoms with van der Waals surface area (Å²) < 4.78 is 23.0. The summed E-state index contributed by atoms with van der Waals surface area (Å²) in [5, 5.41) is 6.40. The van der Waals surface area contributed by atoms with Crippen LogP contribution in [0.3, 0.4) is 0 Å². The van der Waals surface area contributed by atoms with Crippen molar-refractivity contribution in [3.63, 3.8) is 0 Å². The minimum Gasteiger partial charge on any atom is -0.357 e. The Morgan fingerprint density at radius 1 is 1.36 bits per heavy atom. The maximum atomic E-state index is 11.5. The second-order valence-corrected chi connectivity index (χ2v) is 8.62. The number of nitrogens with one attached hydrogen (secondary N) is 2. The summed E-state index contributed by atoms with van der Waals surface area (Å²) in [5.74, 6) is 2.10. The first-order valence-corrected chi connectivity index (χ1v) is 10.3. The van der Waals surface area contributed by atoms with Crippen molar-refractivity contribution in [2.24, 2.45) is 4.99 Å². The molecule has 2 N–H and O–H groups in total. The third-order valence-electron chi connectivity index (χ3n) is 4.50. The van der Waals surface area contributed by atoms with E-state index in [9.17, 15) is 8.42 Å². The Hall–Kier alpha value is -1.10. The van der Waals surface area contributed by atoms with Gasteiger partial charge in [0.25, 0.3) is 0 Å². The van der Waals surface area contributed by atoms with Crippen molar-refractivity contribution in [1.29, 1.82) is 0 Å². The zero-order chi connectivity index (χ0) is 17.0. The van der Waals surface area contributed by atoms with Gasteiger partial charge < -0.3 is 15.5 Å². The number of sulfone groups is 1. The second-order valence-electron chi connectivity index (χ2n) is 6.39. The molecular weight excluding hydrogens is 453 g/mol. The largest absolute Gasteiger partial charge is 0.357 e. The highest BCUT2D eigenvalue weighted by Crippen LogP contribution is 2.17. The van der Waals surface area contributed by atoms with E-state index in [1.54, 1.807) is 7.05 Å². The lowest BCUT2D eigenvalue weighted by molar-refractivity contribution is 0.599. The van der Waals surface area contributed by atoms with Gasteiger partial charge in [0, 0.05) is 38.9 Å². The zero-order valence-corrected chi connectivity index (χ0v) is 17.6. The van der Waals surface area contributed by atoms with Crippen molar-refractivity contribution < 1.29 is 8.42 Å². The molecule has 0 radical (unpaired) electrons. The lowest BCUT2D eigenvalue weighted by atomic mass is 10.2. The summed E-state index contributed by atoms with van der Waals surface area (Å²) in [6.45, 7) is 2.78. The van der Waals surface area contributed by atoms with E-state index >= 15 is 0 Å². The Kier molecular flexibility index (Phi) is 7.29. The number of hydrogen-bond acceptors (Lipinski definition) is 5. The molecule has 3 heterocycles. The van der Waals surface area contributed by atoms with Crippen LogP contribution >= 0.6 is 24.0 Å². The molecule has 2 aliphatic rings. The van der Waals surface area contributed by atoms with Gasteiger partial charge in [0.1, 0.15) is 5.82 Å². The van der Waals surface area contributed by atoms with Gasteiger partial charge in [-0.25, -0.2) is 13.4 Å². The number of guanidine groups is 1. The molecule has 2 aliphatic heterocycles. The normalized spacial score (nSPS) is 22.5. The van der Waals surface area contributed by atoms with Gasteiger partial charge in [-0.3, -0.25) is 4.99 Å². The Bertz CT molecular complexity index is 687. The molecule has 0 aliphatic carbocycles.